The molecule has 0 unspecified atom stereocenters. The highest BCUT2D eigenvalue weighted by molar-refractivity contribution is 5.96. The van der Waals surface area contributed by atoms with Gasteiger partial charge in [0.05, 0.1) is 13.2 Å². The van der Waals surface area contributed by atoms with Crippen LogP contribution in [0.4, 0.5) is 0 Å². The minimum absolute atomic E-state index is 0.156. The van der Waals surface area contributed by atoms with E-state index in [1.165, 1.54) is 7.11 Å². The van der Waals surface area contributed by atoms with Crippen molar-refractivity contribution in [3.8, 4) is 5.75 Å². The van der Waals surface area contributed by atoms with Crippen LogP contribution >= 0.6 is 0 Å². The van der Waals surface area contributed by atoms with Gasteiger partial charge < -0.3 is 20.1 Å². The van der Waals surface area contributed by atoms with Gasteiger partial charge in [-0.25, -0.2) is 0 Å². The summed E-state index contributed by atoms with van der Waals surface area (Å²) in [5.74, 6) is -0.875. The van der Waals surface area contributed by atoms with E-state index in [1.807, 2.05) is 38.1 Å². The number of ether oxygens (including phenoxy) is 2. The molecule has 0 spiro atoms. The summed E-state index contributed by atoms with van der Waals surface area (Å²) < 4.78 is 9.97. The number of benzene rings is 2. The fourth-order valence-corrected chi connectivity index (χ4v) is 2.65. The van der Waals surface area contributed by atoms with Crippen LogP contribution in [0.5, 0.6) is 5.75 Å². The zero-order chi connectivity index (χ0) is 21.2. The predicted molar refractivity (Wildman–Crippen MR) is 109 cm³/mol. The lowest BCUT2D eigenvalue weighted by Crippen LogP contribution is -2.35. The van der Waals surface area contributed by atoms with Crippen LogP contribution in [0.2, 0.25) is 0 Å². The van der Waals surface area contributed by atoms with Gasteiger partial charge in [0.2, 0.25) is 0 Å². The van der Waals surface area contributed by atoms with Crippen molar-refractivity contribution in [2.45, 2.75) is 26.3 Å². The number of rotatable bonds is 9. The standard InChI is InChI=1S/C22H26N2O5/c1-4-19(16-7-5-15(2)6-8-16)24-20(25)14-29-21(26)13-23-22(27)17-9-11-18(28-3)12-10-17/h5-12,19H,4,13-14H2,1-3H3,(H,23,27)(H,24,25)/t19-/m1/s1. The Kier molecular flexibility index (Phi) is 8.21. The molecule has 0 saturated carbocycles. The first-order chi connectivity index (χ1) is 13.9. The number of carbonyl (C=O) groups is 3. The van der Waals surface area contributed by atoms with E-state index in [2.05, 4.69) is 10.6 Å². The highest BCUT2D eigenvalue weighted by Crippen LogP contribution is 2.17. The molecule has 2 N–H and O–H groups in total. The third kappa shape index (κ3) is 6.95. The van der Waals surface area contributed by atoms with Gasteiger partial charge in [0.1, 0.15) is 12.3 Å². The lowest BCUT2D eigenvalue weighted by molar-refractivity contribution is -0.147. The molecule has 7 nitrogen and oxygen atoms in total. The molecule has 0 aliphatic heterocycles. The van der Waals surface area contributed by atoms with Crippen molar-refractivity contribution in [2.75, 3.05) is 20.3 Å². The molecule has 2 amide bonds. The van der Waals surface area contributed by atoms with E-state index in [-0.39, 0.29) is 12.6 Å². The average molecular weight is 398 g/mol. The first-order valence-electron chi connectivity index (χ1n) is 9.36. The van der Waals surface area contributed by atoms with E-state index in [0.29, 0.717) is 17.7 Å². The molecule has 0 fully saturated rings. The van der Waals surface area contributed by atoms with Crippen LogP contribution < -0.4 is 15.4 Å². The third-order valence-electron chi connectivity index (χ3n) is 4.33. The van der Waals surface area contributed by atoms with E-state index in [9.17, 15) is 14.4 Å². The molecule has 2 rings (SSSR count). The summed E-state index contributed by atoms with van der Waals surface area (Å²) in [6, 6.07) is 14.2. The SMILES string of the molecule is CC[C@@H](NC(=O)COC(=O)CNC(=O)c1ccc(OC)cc1)c1ccc(C)cc1. The van der Waals surface area contributed by atoms with E-state index in [0.717, 1.165) is 11.1 Å². The van der Waals surface area contributed by atoms with E-state index >= 15 is 0 Å². The summed E-state index contributed by atoms with van der Waals surface area (Å²) in [5, 5.41) is 5.30. The molecule has 7 heteroatoms. The van der Waals surface area contributed by atoms with Crippen LogP contribution in [-0.4, -0.2) is 38.0 Å². The van der Waals surface area contributed by atoms with E-state index in [4.69, 9.17) is 9.47 Å². The van der Waals surface area contributed by atoms with Gasteiger partial charge in [-0.15, -0.1) is 0 Å². The van der Waals surface area contributed by atoms with E-state index < -0.39 is 24.4 Å². The minimum Gasteiger partial charge on any atom is -0.497 e. The monoisotopic (exact) mass is 398 g/mol. The molecule has 2 aromatic carbocycles. The quantitative estimate of drug-likeness (QED) is 0.633. The Morgan fingerprint density at radius 3 is 2.24 bits per heavy atom. The largest absolute Gasteiger partial charge is 0.497 e. The Labute approximate surface area is 170 Å². The molecular formula is C22H26N2O5. The second kappa shape index (κ2) is 10.8. The van der Waals surface area contributed by atoms with Crippen molar-refractivity contribution in [1.82, 2.24) is 10.6 Å². The van der Waals surface area contributed by atoms with E-state index in [1.54, 1.807) is 24.3 Å². The van der Waals surface area contributed by atoms with Crippen LogP contribution in [-0.2, 0) is 14.3 Å². The number of hydrogen-bond acceptors (Lipinski definition) is 5. The average Bonchev–Trinajstić information content (AvgIpc) is 2.75. The summed E-state index contributed by atoms with van der Waals surface area (Å²) in [4.78, 5) is 35.9. The van der Waals surface area contributed by atoms with Crippen molar-refractivity contribution in [3.05, 3.63) is 65.2 Å². The summed E-state index contributed by atoms with van der Waals surface area (Å²) in [5.41, 5.74) is 2.52. The van der Waals surface area contributed by atoms with Crippen LogP contribution in [0, 0.1) is 6.92 Å². The first kappa shape index (κ1) is 21.9. The summed E-state index contributed by atoms with van der Waals surface area (Å²) in [6.07, 6.45) is 0.709. The smallest absolute Gasteiger partial charge is 0.325 e. The number of aryl methyl sites for hydroxylation is 1. The zero-order valence-corrected chi connectivity index (χ0v) is 16.9. The lowest BCUT2D eigenvalue weighted by atomic mass is 10.0. The maximum absolute atomic E-state index is 12.1. The van der Waals surface area contributed by atoms with Gasteiger partial charge in [-0.2, -0.15) is 0 Å². The maximum Gasteiger partial charge on any atom is 0.325 e. The van der Waals surface area contributed by atoms with Crippen LogP contribution in [0.25, 0.3) is 0 Å². The van der Waals surface area contributed by atoms with Crippen molar-refractivity contribution in [1.29, 1.82) is 0 Å². The van der Waals surface area contributed by atoms with Gasteiger partial charge in [-0.3, -0.25) is 14.4 Å². The molecule has 154 valence electrons. The number of amides is 2. The number of hydrogen-bond donors (Lipinski definition) is 2. The fourth-order valence-electron chi connectivity index (χ4n) is 2.65. The van der Waals surface area contributed by atoms with Gasteiger partial charge in [0.15, 0.2) is 6.61 Å². The summed E-state index contributed by atoms with van der Waals surface area (Å²) >= 11 is 0. The molecule has 0 aromatic heterocycles. The van der Waals surface area contributed by atoms with Crippen molar-refractivity contribution in [3.63, 3.8) is 0 Å². The third-order valence-corrected chi connectivity index (χ3v) is 4.33. The first-order valence-corrected chi connectivity index (χ1v) is 9.36. The molecule has 29 heavy (non-hydrogen) atoms. The van der Waals surface area contributed by atoms with Gasteiger partial charge in [0.25, 0.3) is 11.8 Å². The summed E-state index contributed by atoms with van der Waals surface area (Å²) in [7, 11) is 1.53. The molecule has 0 aliphatic carbocycles. The predicted octanol–water partition coefficient (Wildman–Crippen LogP) is 2.54. The van der Waals surface area contributed by atoms with Gasteiger partial charge in [0, 0.05) is 5.56 Å². The molecule has 0 aliphatic rings. The number of carbonyl (C=O) groups excluding carboxylic acids is 3. The molecule has 0 saturated heterocycles. The Balaban J connectivity index is 1.75. The van der Waals surface area contributed by atoms with Crippen molar-refractivity contribution >= 4 is 17.8 Å². The summed E-state index contributed by atoms with van der Waals surface area (Å²) in [6.45, 7) is 3.23. The number of esters is 1. The second-order valence-corrected chi connectivity index (χ2v) is 6.51. The zero-order valence-electron chi connectivity index (χ0n) is 16.9. The van der Waals surface area contributed by atoms with Gasteiger partial charge in [-0.05, 0) is 43.2 Å². The molecule has 2 aromatic rings. The Morgan fingerprint density at radius 1 is 1.00 bits per heavy atom. The second-order valence-electron chi connectivity index (χ2n) is 6.51. The lowest BCUT2D eigenvalue weighted by Gasteiger charge is -2.17. The molecular weight excluding hydrogens is 372 g/mol. The molecule has 0 heterocycles. The number of methoxy groups -OCH3 is 1. The van der Waals surface area contributed by atoms with Gasteiger partial charge in [-0.1, -0.05) is 36.8 Å². The highest BCUT2D eigenvalue weighted by atomic mass is 16.5. The Bertz CT molecular complexity index is 831. The highest BCUT2D eigenvalue weighted by Gasteiger charge is 2.15. The molecule has 1 atom stereocenters. The molecule has 0 radical (unpaired) electrons. The number of nitrogens with one attached hydrogen (secondary N) is 2. The van der Waals surface area contributed by atoms with Crippen molar-refractivity contribution in [2.24, 2.45) is 0 Å². The van der Waals surface area contributed by atoms with Crippen LogP contribution in [0.15, 0.2) is 48.5 Å². The maximum atomic E-state index is 12.1. The fraction of sp³-hybridized carbons (Fsp3) is 0.318. The Morgan fingerprint density at radius 2 is 1.66 bits per heavy atom. The van der Waals surface area contributed by atoms with Crippen molar-refractivity contribution < 1.29 is 23.9 Å². The topological polar surface area (TPSA) is 93.7 Å². The van der Waals surface area contributed by atoms with Crippen LogP contribution in [0.3, 0.4) is 0 Å². The van der Waals surface area contributed by atoms with Gasteiger partial charge >= 0.3 is 5.97 Å². The minimum atomic E-state index is -0.689. The van der Waals surface area contributed by atoms with Crippen LogP contribution in [0.1, 0.15) is 40.9 Å². The Hall–Kier alpha value is -3.35. The molecule has 0 bridgehead atoms. The normalized spacial score (nSPS) is 11.3.